The Morgan fingerprint density at radius 2 is 2.13 bits per heavy atom. The minimum Gasteiger partial charge on any atom is -0.490 e. The Bertz CT molecular complexity index is 1050. The Kier molecular flexibility index (Phi) is 6.32. The summed E-state index contributed by atoms with van der Waals surface area (Å²) in [6.45, 7) is 2.15. The standard InChI is InChI=1S/C19H20N4O5S2/c1-9-3-5-11-14(7-9)30-18(15(11)16(20)24)22-19(29)21-17(25)10-4-6-13(28-2)12(8-10)23(26)27/h4,6,8-9H,3,5,7H2,1-2H3,(H2,20,24)(H2,21,22,25,29). The van der Waals surface area contributed by atoms with Crippen molar-refractivity contribution < 1.29 is 19.2 Å². The molecule has 11 heteroatoms. The number of anilines is 1. The number of hydrogen-bond acceptors (Lipinski definition) is 7. The van der Waals surface area contributed by atoms with Gasteiger partial charge in [0.2, 0.25) is 0 Å². The fraction of sp³-hybridized carbons (Fsp3) is 0.316. The van der Waals surface area contributed by atoms with E-state index in [1.807, 2.05) is 0 Å². The van der Waals surface area contributed by atoms with Gasteiger partial charge in [0.25, 0.3) is 11.8 Å². The quantitative estimate of drug-likeness (QED) is 0.363. The number of nitro benzene ring substituents is 1. The van der Waals surface area contributed by atoms with Crippen molar-refractivity contribution >= 4 is 51.2 Å². The number of amides is 2. The van der Waals surface area contributed by atoms with E-state index in [1.54, 1.807) is 0 Å². The second-order valence-corrected chi connectivity index (χ2v) is 8.49. The largest absolute Gasteiger partial charge is 0.490 e. The van der Waals surface area contributed by atoms with Crippen molar-refractivity contribution in [3.63, 3.8) is 0 Å². The predicted octanol–water partition coefficient (Wildman–Crippen LogP) is 3.02. The van der Waals surface area contributed by atoms with Crippen LogP contribution in [0.4, 0.5) is 10.7 Å². The number of primary amides is 1. The van der Waals surface area contributed by atoms with Gasteiger partial charge in [-0.2, -0.15) is 0 Å². The predicted molar refractivity (Wildman–Crippen MR) is 117 cm³/mol. The average molecular weight is 449 g/mol. The molecule has 0 saturated carbocycles. The summed E-state index contributed by atoms with van der Waals surface area (Å²) in [6.07, 6.45) is 2.60. The van der Waals surface area contributed by atoms with Crippen LogP contribution in [0.2, 0.25) is 0 Å². The normalized spacial score (nSPS) is 15.1. The van der Waals surface area contributed by atoms with E-state index in [9.17, 15) is 19.7 Å². The van der Waals surface area contributed by atoms with Crippen molar-refractivity contribution in [2.45, 2.75) is 26.2 Å². The first-order valence-corrected chi connectivity index (χ1v) is 10.3. The first-order chi connectivity index (χ1) is 14.2. The summed E-state index contributed by atoms with van der Waals surface area (Å²) >= 11 is 6.61. The second kappa shape index (κ2) is 8.76. The van der Waals surface area contributed by atoms with E-state index < -0.39 is 16.7 Å². The molecule has 0 fully saturated rings. The summed E-state index contributed by atoms with van der Waals surface area (Å²) in [6, 6.07) is 3.84. The number of carbonyl (C=O) groups excluding carboxylic acids is 2. The minimum atomic E-state index is -0.636. The number of thiocarbonyl (C=S) groups is 1. The Labute approximate surface area is 181 Å². The maximum Gasteiger partial charge on any atom is 0.311 e. The summed E-state index contributed by atoms with van der Waals surface area (Å²) in [7, 11) is 1.30. The van der Waals surface area contributed by atoms with Gasteiger partial charge in [0.15, 0.2) is 10.9 Å². The Morgan fingerprint density at radius 1 is 1.40 bits per heavy atom. The minimum absolute atomic E-state index is 0.0346. The molecule has 1 aliphatic rings. The van der Waals surface area contributed by atoms with Gasteiger partial charge in [0, 0.05) is 16.5 Å². The van der Waals surface area contributed by atoms with Gasteiger partial charge in [-0.3, -0.25) is 25.0 Å². The molecule has 0 radical (unpaired) electrons. The van der Waals surface area contributed by atoms with E-state index in [0.717, 1.165) is 35.8 Å². The molecule has 2 aromatic rings. The van der Waals surface area contributed by atoms with Crippen LogP contribution in [0.1, 0.15) is 44.5 Å². The highest BCUT2D eigenvalue weighted by Crippen LogP contribution is 2.39. The molecule has 4 N–H and O–H groups in total. The van der Waals surface area contributed by atoms with Gasteiger partial charge in [0.05, 0.1) is 17.6 Å². The summed E-state index contributed by atoms with van der Waals surface area (Å²) < 4.78 is 4.93. The Morgan fingerprint density at radius 3 is 2.77 bits per heavy atom. The van der Waals surface area contributed by atoms with Crippen LogP contribution in [0.15, 0.2) is 18.2 Å². The number of benzene rings is 1. The molecule has 1 aromatic heterocycles. The van der Waals surface area contributed by atoms with Gasteiger partial charge in [-0.05, 0) is 55.1 Å². The van der Waals surface area contributed by atoms with Gasteiger partial charge in [-0.15, -0.1) is 11.3 Å². The van der Waals surface area contributed by atoms with Crippen molar-refractivity contribution in [2.24, 2.45) is 11.7 Å². The summed E-state index contributed by atoms with van der Waals surface area (Å²) in [5.74, 6) is -0.623. The van der Waals surface area contributed by atoms with E-state index in [0.29, 0.717) is 16.5 Å². The highest BCUT2D eigenvalue weighted by atomic mass is 32.1. The summed E-state index contributed by atoms with van der Waals surface area (Å²) in [5.41, 5.74) is 6.63. The van der Waals surface area contributed by atoms with Crippen LogP contribution in [0.3, 0.4) is 0 Å². The smallest absolute Gasteiger partial charge is 0.311 e. The number of fused-ring (bicyclic) bond motifs is 1. The highest BCUT2D eigenvalue weighted by Gasteiger charge is 2.27. The molecule has 0 saturated heterocycles. The highest BCUT2D eigenvalue weighted by molar-refractivity contribution is 7.80. The van der Waals surface area contributed by atoms with E-state index >= 15 is 0 Å². The lowest BCUT2D eigenvalue weighted by Crippen LogP contribution is -2.34. The van der Waals surface area contributed by atoms with Crippen LogP contribution in [0, 0.1) is 16.0 Å². The molecule has 2 amide bonds. The van der Waals surface area contributed by atoms with Crippen molar-refractivity contribution in [3.05, 3.63) is 49.9 Å². The van der Waals surface area contributed by atoms with E-state index in [2.05, 4.69) is 17.6 Å². The summed E-state index contributed by atoms with van der Waals surface area (Å²) in [4.78, 5) is 36.1. The van der Waals surface area contributed by atoms with Crippen LogP contribution in [0.25, 0.3) is 0 Å². The molecule has 1 atom stereocenters. The van der Waals surface area contributed by atoms with Gasteiger partial charge < -0.3 is 15.8 Å². The number of methoxy groups -OCH3 is 1. The SMILES string of the molecule is COc1ccc(C(=O)NC(=S)Nc2sc3c(c2C(N)=O)CCC(C)C3)cc1[N+](=O)[O-]. The zero-order valence-electron chi connectivity index (χ0n) is 16.3. The lowest BCUT2D eigenvalue weighted by Gasteiger charge is -2.18. The molecule has 1 heterocycles. The van der Waals surface area contributed by atoms with Crippen molar-refractivity contribution in [1.29, 1.82) is 0 Å². The third kappa shape index (κ3) is 4.41. The monoisotopic (exact) mass is 448 g/mol. The number of nitro groups is 1. The topological polar surface area (TPSA) is 137 Å². The van der Waals surface area contributed by atoms with Gasteiger partial charge >= 0.3 is 5.69 Å². The van der Waals surface area contributed by atoms with Crippen molar-refractivity contribution in [2.75, 3.05) is 12.4 Å². The van der Waals surface area contributed by atoms with Crippen LogP contribution in [-0.2, 0) is 12.8 Å². The molecule has 1 unspecified atom stereocenters. The van der Waals surface area contributed by atoms with E-state index in [4.69, 9.17) is 22.7 Å². The first kappa shape index (κ1) is 21.7. The molecule has 0 bridgehead atoms. The second-order valence-electron chi connectivity index (χ2n) is 6.97. The van der Waals surface area contributed by atoms with Crippen molar-refractivity contribution in [3.8, 4) is 5.75 Å². The number of carbonyl (C=O) groups is 2. The fourth-order valence-corrected chi connectivity index (χ4v) is 5.06. The third-order valence-electron chi connectivity index (χ3n) is 4.85. The third-order valence-corrected chi connectivity index (χ3v) is 6.22. The van der Waals surface area contributed by atoms with E-state index in [-0.39, 0.29) is 22.1 Å². The number of hydrogen-bond donors (Lipinski definition) is 3. The van der Waals surface area contributed by atoms with Crippen LogP contribution in [0.5, 0.6) is 5.75 Å². The van der Waals surface area contributed by atoms with Crippen LogP contribution >= 0.6 is 23.6 Å². The number of thiophene rings is 1. The number of rotatable bonds is 5. The maximum absolute atomic E-state index is 12.5. The zero-order valence-corrected chi connectivity index (χ0v) is 17.9. The molecule has 1 aromatic carbocycles. The maximum atomic E-state index is 12.5. The van der Waals surface area contributed by atoms with Gasteiger partial charge in [-0.1, -0.05) is 6.92 Å². The molecule has 30 heavy (non-hydrogen) atoms. The number of nitrogens with two attached hydrogens (primary N) is 1. The number of nitrogens with zero attached hydrogens (tertiary/aromatic N) is 1. The average Bonchev–Trinajstić information content (AvgIpc) is 3.03. The molecule has 9 nitrogen and oxygen atoms in total. The number of nitrogens with one attached hydrogen (secondary N) is 2. The lowest BCUT2D eigenvalue weighted by atomic mass is 9.88. The molecule has 1 aliphatic carbocycles. The lowest BCUT2D eigenvalue weighted by molar-refractivity contribution is -0.385. The summed E-state index contributed by atoms with van der Waals surface area (Å²) in [5, 5.41) is 17.0. The van der Waals surface area contributed by atoms with E-state index in [1.165, 1.54) is 30.6 Å². The molecular weight excluding hydrogens is 428 g/mol. The van der Waals surface area contributed by atoms with Crippen LogP contribution in [-0.4, -0.2) is 29.0 Å². The Hall–Kier alpha value is -3.05. The van der Waals surface area contributed by atoms with Gasteiger partial charge in [0.1, 0.15) is 5.00 Å². The molecule has 158 valence electrons. The molecule has 3 rings (SSSR count). The molecule has 0 spiro atoms. The molecule has 0 aliphatic heterocycles. The van der Waals surface area contributed by atoms with Crippen LogP contribution < -0.4 is 21.1 Å². The number of ether oxygens (including phenoxy) is 1. The van der Waals surface area contributed by atoms with Gasteiger partial charge in [-0.25, -0.2) is 0 Å². The first-order valence-electron chi connectivity index (χ1n) is 9.10. The zero-order chi connectivity index (χ0) is 22.0. The molecular formula is C19H20N4O5S2. The fourth-order valence-electron chi connectivity index (χ4n) is 3.38. The Balaban J connectivity index is 1.78. The van der Waals surface area contributed by atoms with Crippen molar-refractivity contribution in [1.82, 2.24) is 5.32 Å².